The lowest BCUT2D eigenvalue weighted by molar-refractivity contribution is 0.398. The quantitative estimate of drug-likeness (QED) is 0.217. The highest BCUT2D eigenvalue weighted by Crippen LogP contribution is 2.41. The Bertz CT molecular complexity index is 1370. The summed E-state index contributed by atoms with van der Waals surface area (Å²) >= 11 is 7.41. The van der Waals surface area contributed by atoms with Crippen molar-refractivity contribution in [2.24, 2.45) is 0 Å². The molecule has 1 aromatic heterocycles. The van der Waals surface area contributed by atoms with Crippen molar-refractivity contribution in [3.05, 3.63) is 101 Å². The fourth-order valence-corrected chi connectivity index (χ4v) is 6.71. The summed E-state index contributed by atoms with van der Waals surface area (Å²) in [6.45, 7) is 2.29. The Balaban J connectivity index is 1.65. The normalized spacial score (nSPS) is 11.5. The van der Waals surface area contributed by atoms with Crippen LogP contribution in [0.4, 0.5) is 0 Å². The Morgan fingerprint density at radius 2 is 1.36 bits per heavy atom. The van der Waals surface area contributed by atoms with E-state index in [-0.39, 0.29) is 22.3 Å². The van der Waals surface area contributed by atoms with E-state index >= 15 is 0 Å². The predicted octanol–water partition coefficient (Wildman–Crippen LogP) is 6.91. The van der Waals surface area contributed by atoms with Crippen molar-refractivity contribution in [1.82, 2.24) is 4.31 Å². The summed E-state index contributed by atoms with van der Waals surface area (Å²) in [7, 11) is -0.727. The van der Waals surface area contributed by atoms with Gasteiger partial charge in [-0.2, -0.15) is 4.31 Å². The summed E-state index contributed by atoms with van der Waals surface area (Å²) in [4.78, 5) is 0. The minimum Gasteiger partial charge on any atom is -0.497 e. The standard InChI is InChI=1S/C27H26ClNO5S2/c1-19-5-4-6-24(15-19)34-27-25(28)16-26(35-27)36(30,31)29(17-20-7-11-22(32-2)12-8-20)18-21-9-13-23(33-3)14-10-21/h4-16H,17-18H2,1-3H3. The SMILES string of the molecule is COc1ccc(CN(Cc2ccc(OC)cc2)S(=O)(=O)c2cc(Cl)c(Oc3cccc(C)c3)s2)cc1. The number of methoxy groups -OCH3 is 2. The maximum Gasteiger partial charge on any atom is 0.253 e. The Labute approximate surface area is 220 Å². The minimum atomic E-state index is -3.91. The summed E-state index contributed by atoms with van der Waals surface area (Å²) in [5, 5.41) is 0.573. The molecule has 0 aliphatic carbocycles. The number of rotatable bonds is 10. The maximum atomic E-state index is 13.8. The van der Waals surface area contributed by atoms with Crippen LogP contribution in [0.15, 0.2) is 83.1 Å². The highest BCUT2D eigenvalue weighted by atomic mass is 35.5. The number of thiophene rings is 1. The molecule has 36 heavy (non-hydrogen) atoms. The van der Waals surface area contributed by atoms with Crippen LogP contribution in [0.2, 0.25) is 5.02 Å². The summed E-state index contributed by atoms with van der Waals surface area (Å²) < 4.78 is 45.6. The van der Waals surface area contributed by atoms with Crippen molar-refractivity contribution in [2.75, 3.05) is 14.2 Å². The molecular weight excluding hydrogens is 518 g/mol. The van der Waals surface area contributed by atoms with Crippen LogP contribution >= 0.6 is 22.9 Å². The van der Waals surface area contributed by atoms with Crippen LogP contribution < -0.4 is 14.2 Å². The summed E-state index contributed by atoms with van der Waals surface area (Å²) in [5.74, 6) is 1.99. The second-order valence-electron chi connectivity index (χ2n) is 8.09. The Morgan fingerprint density at radius 3 is 1.86 bits per heavy atom. The Morgan fingerprint density at radius 1 is 0.806 bits per heavy atom. The van der Waals surface area contributed by atoms with Crippen molar-refractivity contribution in [3.63, 3.8) is 0 Å². The molecule has 3 aromatic carbocycles. The molecule has 0 unspecified atom stereocenters. The summed E-state index contributed by atoms with van der Waals surface area (Å²) in [5.41, 5.74) is 2.68. The average molecular weight is 544 g/mol. The van der Waals surface area contributed by atoms with Crippen molar-refractivity contribution in [3.8, 4) is 22.3 Å². The molecule has 0 aliphatic heterocycles. The van der Waals surface area contributed by atoms with E-state index in [1.165, 1.54) is 10.4 Å². The molecule has 4 aromatic rings. The van der Waals surface area contributed by atoms with Crippen LogP contribution in [0.3, 0.4) is 0 Å². The summed E-state index contributed by atoms with van der Waals surface area (Å²) in [6.07, 6.45) is 0. The van der Waals surface area contributed by atoms with Crippen molar-refractivity contribution < 1.29 is 22.6 Å². The third-order valence-corrected chi connectivity index (χ3v) is 9.11. The third-order valence-electron chi connectivity index (χ3n) is 5.46. The fourth-order valence-electron chi connectivity index (χ4n) is 3.54. The molecule has 0 saturated carbocycles. The van der Waals surface area contributed by atoms with E-state index in [0.29, 0.717) is 22.3 Å². The van der Waals surface area contributed by atoms with Gasteiger partial charge in [0.2, 0.25) is 5.06 Å². The molecule has 0 fully saturated rings. The molecule has 0 bridgehead atoms. The van der Waals surface area contributed by atoms with Gasteiger partial charge in [0.15, 0.2) is 0 Å². The van der Waals surface area contributed by atoms with E-state index in [2.05, 4.69) is 0 Å². The molecule has 188 valence electrons. The molecule has 1 heterocycles. The van der Waals surface area contributed by atoms with E-state index in [0.717, 1.165) is 28.0 Å². The monoisotopic (exact) mass is 543 g/mol. The molecule has 0 atom stereocenters. The minimum absolute atomic E-state index is 0.108. The van der Waals surface area contributed by atoms with Gasteiger partial charge in [0.05, 0.1) is 19.2 Å². The number of ether oxygens (including phenoxy) is 3. The van der Waals surface area contributed by atoms with E-state index in [1.54, 1.807) is 20.3 Å². The van der Waals surface area contributed by atoms with Crippen molar-refractivity contribution in [1.29, 1.82) is 0 Å². The number of halogens is 1. The van der Waals surface area contributed by atoms with Gasteiger partial charge in [-0.15, -0.1) is 0 Å². The highest BCUT2D eigenvalue weighted by Gasteiger charge is 2.29. The van der Waals surface area contributed by atoms with Crippen LogP contribution in [-0.2, 0) is 23.1 Å². The molecular formula is C27H26ClNO5S2. The second kappa shape index (κ2) is 11.3. The Hall–Kier alpha value is -3.04. The van der Waals surface area contributed by atoms with Gasteiger partial charge in [-0.05, 0) is 66.1 Å². The Kier molecular flexibility index (Phi) is 8.21. The molecule has 0 spiro atoms. The zero-order valence-electron chi connectivity index (χ0n) is 20.1. The maximum absolute atomic E-state index is 13.8. The van der Waals surface area contributed by atoms with Crippen LogP contribution in [0, 0.1) is 6.92 Å². The number of nitrogens with zero attached hydrogens (tertiary/aromatic N) is 1. The predicted molar refractivity (Wildman–Crippen MR) is 143 cm³/mol. The van der Waals surface area contributed by atoms with E-state index in [1.807, 2.05) is 73.7 Å². The van der Waals surface area contributed by atoms with Crippen LogP contribution in [0.25, 0.3) is 0 Å². The van der Waals surface area contributed by atoms with E-state index in [4.69, 9.17) is 25.8 Å². The lowest BCUT2D eigenvalue weighted by Crippen LogP contribution is -2.29. The number of hydrogen-bond acceptors (Lipinski definition) is 6. The topological polar surface area (TPSA) is 65.1 Å². The van der Waals surface area contributed by atoms with Gasteiger partial charge < -0.3 is 14.2 Å². The van der Waals surface area contributed by atoms with Gasteiger partial charge in [0.25, 0.3) is 10.0 Å². The van der Waals surface area contributed by atoms with Crippen LogP contribution in [-0.4, -0.2) is 26.9 Å². The molecule has 0 N–H and O–H groups in total. The summed E-state index contributed by atoms with van der Waals surface area (Å²) in [6, 6.07) is 23.6. The molecule has 0 radical (unpaired) electrons. The first kappa shape index (κ1) is 26.0. The van der Waals surface area contributed by atoms with Crippen LogP contribution in [0.5, 0.6) is 22.3 Å². The average Bonchev–Trinajstić information content (AvgIpc) is 3.25. The molecule has 9 heteroatoms. The zero-order valence-corrected chi connectivity index (χ0v) is 22.5. The second-order valence-corrected chi connectivity index (χ2v) is 11.7. The number of hydrogen-bond donors (Lipinski definition) is 0. The molecule has 0 aliphatic rings. The van der Waals surface area contributed by atoms with E-state index < -0.39 is 10.0 Å². The lowest BCUT2D eigenvalue weighted by Gasteiger charge is -2.22. The number of sulfonamides is 1. The van der Waals surface area contributed by atoms with Gasteiger partial charge in [0.1, 0.15) is 21.5 Å². The molecule has 4 rings (SSSR count). The van der Waals surface area contributed by atoms with Gasteiger partial charge >= 0.3 is 0 Å². The third kappa shape index (κ3) is 6.20. The van der Waals surface area contributed by atoms with Gasteiger partial charge in [-0.1, -0.05) is 59.3 Å². The first-order valence-electron chi connectivity index (χ1n) is 11.1. The molecule has 6 nitrogen and oxygen atoms in total. The van der Waals surface area contributed by atoms with Gasteiger partial charge in [-0.25, -0.2) is 8.42 Å². The lowest BCUT2D eigenvalue weighted by atomic mass is 10.2. The van der Waals surface area contributed by atoms with Gasteiger partial charge in [-0.3, -0.25) is 0 Å². The zero-order chi connectivity index (χ0) is 25.7. The van der Waals surface area contributed by atoms with Crippen molar-refractivity contribution >= 4 is 33.0 Å². The first-order valence-corrected chi connectivity index (χ1v) is 13.7. The fraction of sp³-hybridized carbons (Fsp3) is 0.185. The smallest absolute Gasteiger partial charge is 0.253 e. The number of aryl methyl sites for hydroxylation is 1. The largest absolute Gasteiger partial charge is 0.497 e. The highest BCUT2D eigenvalue weighted by molar-refractivity contribution is 7.91. The van der Waals surface area contributed by atoms with Crippen molar-refractivity contribution in [2.45, 2.75) is 24.2 Å². The van der Waals surface area contributed by atoms with Crippen LogP contribution in [0.1, 0.15) is 16.7 Å². The number of benzene rings is 3. The van der Waals surface area contributed by atoms with E-state index in [9.17, 15) is 8.42 Å². The molecule has 0 saturated heterocycles. The first-order chi connectivity index (χ1) is 17.3. The van der Waals surface area contributed by atoms with Gasteiger partial charge in [0, 0.05) is 13.1 Å². The molecule has 0 amide bonds.